The zero-order valence-electron chi connectivity index (χ0n) is 11.5. The quantitative estimate of drug-likeness (QED) is 0.837. The third-order valence-electron chi connectivity index (χ3n) is 3.31. The van der Waals surface area contributed by atoms with Crippen molar-refractivity contribution in [3.8, 4) is 0 Å². The number of aliphatic hydroxyl groups is 1. The van der Waals surface area contributed by atoms with E-state index in [1.54, 1.807) is 7.11 Å². The van der Waals surface area contributed by atoms with Gasteiger partial charge in [0.25, 0.3) is 0 Å². The number of nitrogens with one attached hydrogen (secondary N) is 1. The molecule has 0 radical (unpaired) electrons. The summed E-state index contributed by atoms with van der Waals surface area (Å²) < 4.78 is 4.92. The van der Waals surface area contributed by atoms with E-state index in [2.05, 4.69) is 48.6 Å². The molecule has 102 valence electrons. The van der Waals surface area contributed by atoms with Crippen molar-refractivity contribution in [1.29, 1.82) is 0 Å². The number of benzene rings is 2. The van der Waals surface area contributed by atoms with Crippen molar-refractivity contribution in [3.05, 3.63) is 48.0 Å². The zero-order chi connectivity index (χ0) is 13.7. The van der Waals surface area contributed by atoms with Crippen molar-refractivity contribution in [3.63, 3.8) is 0 Å². The molecule has 3 nitrogen and oxygen atoms in total. The fraction of sp³-hybridized carbons (Fsp3) is 0.375. The summed E-state index contributed by atoms with van der Waals surface area (Å²) >= 11 is 0. The van der Waals surface area contributed by atoms with Gasteiger partial charge in [0.05, 0.1) is 12.7 Å². The van der Waals surface area contributed by atoms with Crippen molar-refractivity contribution >= 4 is 10.8 Å². The standard InChI is InChI=1S/C16H21NO2/c1-12(17-10-14(18)11-19-2)15-9-5-7-13-6-3-4-8-16(13)15/h3-9,12,14,17-18H,10-11H2,1-2H3. The summed E-state index contributed by atoms with van der Waals surface area (Å²) in [6, 6.07) is 14.9. The molecule has 3 heteroatoms. The highest BCUT2D eigenvalue weighted by Gasteiger charge is 2.10. The van der Waals surface area contributed by atoms with Gasteiger partial charge in [-0.3, -0.25) is 0 Å². The summed E-state index contributed by atoms with van der Waals surface area (Å²) in [4.78, 5) is 0. The van der Waals surface area contributed by atoms with Gasteiger partial charge in [-0.2, -0.15) is 0 Å². The van der Waals surface area contributed by atoms with Crippen molar-refractivity contribution in [2.24, 2.45) is 0 Å². The van der Waals surface area contributed by atoms with Gasteiger partial charge in [0.15, 0.2) is 0 Å². The Bertz CT molecular complexity index is 522. The molecule has 2 aromatic carbocycles. The van der Waals surface area contributed by atoms with Crippen LogP contribution in [0.5, 0.6) is 0 Å². The average Bonchev–Trinajstić information content (AvgIpc) is 2.44. The molecule has 0 saturated carbocycles. The van der Waals surface area contributed by atoms with Gasteiger partial charge in [0.1, 0.15) is 0 Å². The lowest BCUT2D eigenvalue weighted by molar-refractivity contribution is 0.0631. The number of hydrogen-bond acceptors (Lipinski definition) is 3. The first-order valence-corrected chi connectivity index (χ1v) is 6.60. The first-order chi connectivity index (χ1) is 9.22. The molecule has 2 unspecified atom stereocenters. The highest BCUT2D eigenvalue weighted by molar-refractivity contribution is 5.86. The molecule has 2 atom stereocenters. The van der Waals surface area contributed by atoms with E-state index in [1.807, 2.05) is 6.07 Å². The van der Waals surface area contributed by atoms with Crippen LogP contribution in [0.15, 0.2) is 42.5 Å². The fourth-order valence-electron chi connectivity index (χ4n) is 2.30. The van der Waals surface area contributed by atoms with Crippen LogP contribution in [0, 0.1) is 0 Å². The van der Waals surface area contributed by atoms with Crippen LogP contribution in [0.4, 0.5) is 0 Å². The maximum atomic E-state index is 9.67. The van der Waals surface area contributed by atoms with Gasteiger partial charge in [-0.25, -0.2) is 0 Å². The fourth-order valence-corrected chi connectivity index (χ4v) is 2.30. The molecule has 0 spiro atoms. The van der Waals surface area contributed by atoms with Crippen LogP contribution in [0.25, 0.3) is 10.8 Å². The lowest BCUT2D eigenvalue weighted by Crippen LogP contribution is -2.31. The van der Waals surface area contributed by atoms with Crippen molar-refractivity contribution in [2.75, 3.05) is 20.3 Å². The molecule has 0 fully saturated rings. The van der Waals surface area contributed by atoms with Gasteiger partial charge < -0.3 is 15.2 Å². The van der Waals surface area contributed by atoms with Crippen LogP contribution in [0.2, 0.25) is 0 Å². The van der Waals surface area contributed by atoms with E-state index in [4.69, 9.17) is 4.74 Å². The topological polar surface area (TPSA) is 41.5 Å². The predicted molar refractivity (Wildman–Crippen MR) is 78.2 cm³/mol. The molecule has 0 saturated heterocycles. The van der Waals surface area contributed by atoms with Crippen molar-refractivity contribution in [1.82, 2.24) is 5.32 Å². The molecule has 0 amide bonds. The van der Waals surface area contributed by atoms with Crippen LogP contribution in [-0.2, 0) is 4.74 Å². The Morgan fingerprint density at radius 1 is 1.16 bits per heavy atom. The molecule has 2 rings (SSSR count). The maximum absolute atomic E-state index is 9.67. The molecule has 0 aliphatic heterocycles. The van der Waals surface area contributed by atoms with Gasteiger partial charge in [0, 0.05) is 19.7 Å². The van der Waals surface area contributed by atoms with Gasteiger partial charge >= 0.3 is 0 Å². The zero-order valence-corrected chi connectivity index (χ0v) is 11.5. The van der Waals surface area contributed by atoms with E-state index in [-0.39, 0.29) is 6.04 Å². The lowest BCUT2D eigenvalue weighted by Gasteiger charge is -2.18. The third kappa shape index (κ3) is 3.53. The van der Waals surface area contributed by atoms with E-state index in [1.165, 1.54) is 16.3 Å². The van der Waals surface area contributed by atoms with Crippen LogP contribution >= 0.6 is 0 Å². The summed E-state index contributed by atoms with van der Waals surface area (Å²) in [5.41, 5.74) is 1.25. The normalized spacial score (nSPS) is 14.5. The molecule has 0 heterocycles. The lowest BCUT2D eigenvalue weighted by atomic mass is 9.99. The highest BCUT2D eigenvalue weighted by Crippen LogP contribution is 2.23. The predicted octanol–water partition coefficient (Wildman–Crippen LogP) is 2.50. The van der Waals surface area contributed by atoms with E-state index in [9.17, 15) is 5.11 Å². The van der Waals surface area contributed by atoms with E-state index >= 15 is 0 Å². The second-order valence-electron chi connectivity index (χ2n) is 4.81. The molecule has 0 aliphatic rings. The molecular formula is C16H21NO2. The monoisotopic (exact) mass is 259 g/mol. The molecule has 0 aliphatic carbocycles. The van der Waals surface area contributed by atoms with E-state index in [0.717, 1.165) is 0 Å². The number of hydrogen-bond donors (Lipinski definition) is 2. The largest absolute Gasteiger partial charge is 0.389 e. The Hall–Kier alpha value is -1.42. The summed E-state index contributed by atoms with van der Waals surface area (Å²) in [5, 5.41) is 15.5. The Morgan fingerprint density at radius 3 is 2.68 bits per heavy atom. The first-order valence-electron chi connectivity index (χ1n) is 6.60. The summed E-state index contributed by atoms with van der Waals surface area (Å²) in [7, 11) is 1.59. The third-order valence-corrected chi connectivity index (χ3v) is 3.31. The van der Waals surface area contributed by atoms with Crippen LogP contribution in [0.3, 0.4) is 0 Å². The molecular weight excluding hydrogens is 238 g/mol. The number of methoxy groups -OCH3 is 1. The number of rotatable bonds is 6. The SMILES string of the molecule is COCC(O)CNC(C)c1cccc2ccccc12. The van der Waals surface area contributed by atoms with Crippen LogP contribution < -0.4 is 5.32 Å². The minimum absolute atomic E-state index is 0.192. The summed E-state index contributed by atoms with van der Waals surface area (Å²) in [6.45, 7) is 2.99. The molecule has 2 aromatic rings. The molecule has 2 N–H and O–H groups in total. The van der Waals surface area contributed by atoms with Gasteiger partial charge in [-0.1, -0.05) is 42.5 Å². The van der Waals surface area contributed by atoms with Crippen LogP contribution in [0.1, 0.15) is 18.5 Å². The van der Waals surface area contributed by atoms with Crippen LogP contribution in [-0.4, -0.2) is 31.5 Å². The molecule has 19 heavy (non-hydrogen) atoms. The first kappa shape index (κ1) is 14.0. The Labute approximate surface area is 114 Å². The van der Waals surface area contributed by atoms with Crippen molar-refractivity contribution < 1.29 is 9.84 Å². The number of fused-ring (bicyclic) bond motifs is 1. The Morgan fingerprint density at radius 2 is 1.89 bits per heavy atom. The minimum atomic E-state index is -0.470. The highest BCUT2D eigenvalue weighted by atomic mass is 16.5. The van der Waals surface area contributed by atoms with E-state index in [0.29, 0.717) is 13.2 Å². The molecule has 0 bridgehead atoms. The average molecular weight is 259 g/mol. The summed E-state index contributed by atoms with van der Waals surface area (Å²) in [6.07, 6.45) is -0.470. The number of ether oxygens (including phenoxy) is 1. The number of aliphatic hydroxyl groups excluding tert-OH is 1. The molecule has 0 aromatic heterocycles. The Kier molecular flexibility index (Phi) is 4.91. The summed E-state index contributed by atoms with van der Waals surface area (Å²) in [5.74, 6) is 0. The van der Waals surface area contributed by atoms with Gasteiger partial charge in [-0.05, 0) is 23.3 Å². The maximum Gasteiger partial charge on any atom is 0.0897 e. The van der Waals surface area contributed by atoms with E-state index < -0.39 is 6.10 Å². The second kappa shape index (κ2) is 6.66. The Balaban J connectivity index is 2.11. The van der Waals surface area contributed by atoms with Gasteiger partial charge in [0.2, 0.25) is 0 Å². The van der Waals surface area contributed by atoms with Gasteiger partial charge in [-0.15, -0.1) is 0 Å². The minimum Gasteiger partial charge on any atom is -0.389 e. The second-order valence-corrected chi connectivity index (χ2v) is 4.81. The smallest absolute Gasteiger partial charge is 0.0897 e. The van der Waals surface area contributed by atoms with Crippen molar-refractivity contribution in [2.45, 2.75) is 19.1 Å².